The molecular weight excluding hydrogens is 370 g/mol. The van der Waals surface area contributed by atoms with Gasteiger partial charge in [-0.1, -0.05) is 48.6 Å². The minimum Gasteiger partial charge on any atom is -0.334 e. The van der Waals surface area contributed by atoms with Crippen molar-refractivity contribution >= 4 is 5.91 Å². The first-order valence-electron chi connectivity index (χ1n) is 11.0. The van der Waals surface area contributed by atoms with Gasteiger partial charge in [-0.25, -0.2) is 0 Å². The summed E-state index contributed by atoms with van der Waals surface area (Å²) < 4.78 is 0. The number of allylic oxidation sites excluding steroid dienone is 3. The van der Waals surface area contributed by atoms with E-state index in [4.69, 9.17) is 0 Å². The number of hydrogen-bond donors (Lipinski definition) is 0. The molecule has 0 spiro atoms. The molecule has 1 amide bonds. The Morgan fingerprint density at radius 3 is 2.47 bits per heavy atom. The molecule has 0 saturated carbocycles. The second-order valence-corrected chi connectivity index (χ2v) is 9.49. The van der Waals surface area contributed by atoms with E-state index in [9.17, 15) is 4.79 Å². The van der Waals surface area contributed by atoms with Crippen molar-refractivity contribution in [2.45, 2.75) is 33.7 Å². The third kappa shape index (κ3) is 4.38. The lowest BCUT2D eigenvalue weighted by atomic mass is 9.73. The summed E-state index contributed by atoms with van der Waals surface area (Å²) in [7, 11) is 2.17. The average molecular weight is 404 g/mol. The van der Waals surface area contributed by atoms with E-state index >= 15 is 0 Å². The third-order valence-electron chi connectivity index (χ3n) is 6.65. The molecule has 2 fully saturated rings. The summed E-state index contributed by atoms with van der Waals surface area (Å²) in [4.78, 5) is 20.0. The van der Waals surface area contributed by atoms with Crippen LogP contribution in [0, 0.1) is 24.2 Å². The molecule has 1 aromatic rings. The van der Waals surface area contributed by atoms with Crippen molar-refractivity contribution in [3.8, 4) is 11.8 Å². The minimum absolute atomic E-state index is 0.140. The van der Waals surface area contributed by atoms with Crippen molar-refractivity contribution in [2.75, 3.05) is 46.3 Å². The Morgan fingerprint density at radius 2 is 1.77 bits per heavy atom. The van der Waals surface area contributed by atoms with Crippen LogP contribution < -0.4 is 0 Å². The van der Waals surface area contributed by atoms with E-state index in [1.165, 1.54) is 11.1 Å². The topological polar surface area (TPSA) is 26.8 Å². The van der Waals surface area contributed by atoms with E-state index < -0.39 is 0 Å². The second-order valence-electron chi connectivity index (χ2n) is 9.49. The molecule has 0 aromatic heterocycles. The van der Waals surface area contributed by atoms with Gasteiger partial charge in [0.25, 0.3) is 5.91 Å². The Kier molecular flexibility index (Phi) is 5.86. The summed E-state index contributed by atoms with van der Waals surface area (Å²) in [6.45, 7) is 13.1. The Hall–Kier alpha value is -2.35. The number of likely N-dealkylation sites (N-methyl/N-ethyl adjacent to an activating group) is 1. The lowest BCUT2D eigenvalue weighted by Crippen LogP contribution is -2.44. The number of nitrogens with zero attached hydrogens (tertiary/aromatic N) is 3. The molecule has 4 nitrogen and oxygen atoms in total. The van der Waals surface area contributed by atoms with E-state index in [1.54, 1.807) is 0 Å². The molecule has 158 valence electrons. The van der Waals surface area contributed by atoms with E-state index in [2.05, 4.69) is 79.8 Å². The second kappa shape index (κ2) is 8.41. The van der Waals surface area contributed by atoms with Gasteiger partial charge in [-0.2, -0.15) is 0 Å². The zero-order chi connectivity index (χ0) is 21.3. The van der Waals surface area contributed by atoms with Crippen molar-refractivity contribution in [1.82, 2.24) is 14.7 Å². The molecule has 1 aromatic carbocycles. The maximum atomic E-state index is 13.2. The smallest absolute Gasteiger partial charge is 0.251 e. The molecule has 1 atom stereocenters. The monoisotopic (exact) mass is 403 g/mol. The lowest BCUT2D eigenvalue weighted by molar-refractivity contribution is -0.125. The van der Waals surface area contributed by atoms with Crippen LogP contribution in [0.5, 0.6) is 0 Å². The van der Waals surface area contributed by atoms with Crippen molar-refractivity contribution in [3.05, 3.63) is 58.2 Å². The lowest BCUT2D eigenvalue weighted by Gasteiger charge is -2.31. The van der Waals surface area contributed by atoms with Crippen LogP contribution in [0.2, 0.25) is 0 Å². The van der Waals surface area contributed by atoms with Crippen molar-refractivity contribution in [3.63, 3.8) is 0 Å². The highest BCUT2D eigenvalue weighted by molar-refractivity contribution is 5.99. The van der Waals surface area contributed by atoms with Crippen LogP contribution in [0.3, 0.4) is 0 Å². The fourth-order valence-corrected chi connectivity index (χ4v) is 4.97. The maximum Gasteiger partial charge on any atom is 0.251 e. The van der Waals surface area contributed by atoms with Crippen molar-refractivity contribution in [1.29, 1.82) is 0 Å². The minimum atomic E-state index is -0.140. The van der Waals surface area contributed by atoms with E-state index in [1.807, 2.05) is 4.90 Å². The first-order chi connectivity index (χ1) is 14.3. The number of fused-ring (bicyclic) bond motifs is 1. The number of rotatable bonds is 3. The molecule has 3 aliphatic rings. The number of aryl methyl sites for hydroxylation is 1. The van der Waals surface area contributed by atoms with E-state index in [0.29, 0.717) is 6.54 Å². The van der Waals surface area contributed by atoms with Crippen LogP contribution >= 0.6 is 0 Å². The predicted molar refractivity (Wildman–Crippen MR) is 122 cm³/mol. The van der Waals surface area contributed by atoms with Gasteiger partial charge in [0.2, 0.25) is 0 Å². The zero-order valence-corrected chi connectivity index (χ0v) is 18.8. The Labute approximate surface area is 181 Å². The molecule has 4 heteroatoms. The van der Waals surface area contributed by atoms with Crippen LogP contribution in [-0.4, -0.2) is 66.9 Å². The van der Waals surface area contributed by atoms with Gasteiger partial charge in [0.15, 0.2) is 0 Å². The van der Waals surface area contributed by atoms with Gasteiger partial charge in [0.05, 0.1) is 6.54 Å². The van der Waals surface area contributed by atoms with Crippen molar-refractivity contribution in [2.24, 2.45) is 5.41 Å². The number of hydrogen-bond acceptors (Lipinski definition) is 3. The van der Waals surface area contributed by atoms with Gasteiger partial charge in [-0.15, -0.1) is 0 Å². The van der Waals surface area contributed by atoms with E-state index in [0.717, 1.165) is 62.4 Å². The van der Waals surface area contributed by atoms with Gasteiger partial charge in [-0.05, 0) is 44.5 Å². The summed E-state index contributed by atoms with van der Waals surface area (Å²) in [6, 6.07) is 8.49. The number of benzene rings is 1. The molecule has 0 N–H and O–H groups in total. The number of carbonyl (C=O) groups excluding carboxylic acids is 1. The number of piperazine rings is 1. The molecular formula is C26H33N3O. The predicted octanol–water partition coefficient (Wildman–Crippen LogP) is 3.24. The Balaban J connectivity index is 1.44. The average Bonchev–Trinajstić information content (AvgIpc) is 2.95. The highest BCUT2D eigenvalue weighted by Gasteiger charge is 2.47. The highest BCUT2D eigenvalue weighted by Crippen LogP contribution is 2.46. The normalized spacial score (nSPS) is 25.1. The van der Waals surface area contributed by atoms with Crippen LogP contribution in [0.15, 0.2) is 47.1 Å². The van der Waals surface area contributed by atoms with Gasteiger partial charge in [0.1, 0.15) is 0 Å². The SMILES string of the molecule is CC1=C2C(=O)N(Cc3ccc(C)cc3)CC2(C)CC(C#CCN2CCN(C)CC2)=C1. The molecule has 1 aliphatic carbocycles. The van der Waals surface area contributed by atoms with Crippen LogP contribution in [0.4, 0.5) is 0 Å². The Morgan fingerprint density at radius 1 is 1.07 bits per heavy atom. The quantitative estimate of drug-likeness (QED) is 0.725. The maximum absolute atomic E-state index is 13.2. The van der Waals surface area contributed by atoms with Crippen LogP contribution in [0.25, 0.3) is 0 Å². The first-order valence-corrected chi connectivity index (χ1v) is 11.0. The molecule has 0 radical (unpaired) electrons. The molecule has 4 rings (SSSR count). The first kappa shape index (κ1) is 20.9. The van der Waals surface area contributed by atoms with Crippen LogP contribution in [-0.2, 0) is 11.3 Å². The molecule has 0 bridgehead atoms. The molecule has 2 saturated heterocycles. The van der Waals surface area contributed by atoms with Gasteiger partial charge >= 0.3 is 0 Å². The zero-order valence-electron chi connectivity index (χ0n) is 18.8. The summed E-state index contributed by atoms with van der Waals surface area (Å²) >= 11 is 0. The number of carbonyl (C=O) groups is 1. The van der Waals surface area contributed by atoms with Crippen LogP contribution in [0.1, 0.15) is 31.4 Å². The van der Waals surface area contributed by atoms with Crippen molar-refractivity contribution < 1.29 is 4.79 Å². The van der Waals surface area contributed by atoms with Gasteiger partial charge < -0.3 is 9.80 Å². The Bertz CT molecular complexity index is 939. The number of likely N-dealkylation sites (tertiary alicyclic amines) is 1. The summed E-state index contributed by atoms with van der Waals surface area (Å²) in [5.74, 6) is 7.01. The third-order valence-corrected chi connectivity index (χ3v) is 6.65. The summed E-state index contributed by atoms with van der Waals surface area (Å²) in [5.41, 5.74) is 5.53. The fraction of sp³-hybridized carbons (Fsp3) is 0.500. The highest BCUT2D eigenvalue weighted by atomic mass is 16.2. The molecule has 2 aliphatic heterocycles. The van der Waals surface area contributed by atoms with Gasteiger partial charge in [0, 0.05) is 55.8 Å². The van der Waals surface area contributed by atoms with Gasteiger partial charge in [-0.3, -0.25) is 9.69 Å². The molecule has 2 heterocycles. The number of amides is 1. The summed E-state index contributed by atoms with van der Waals surface area (Å²) in [5, 5.41) is 0. The fourth-order valence-electron chi connectivity index (χ4n) is 4.97. The standard InChI is InChI=1S/C26H33N3O/c1-20-7-9-22(10-8-20)18-29-19-26(3)17-23(16-21(2)24(26)25(29)30)6-5-11-28-14-12-27(4)13-15-28/h7-10,16H,11-15,17-19H2,1-4H3. The molecule has 1 unspecified atom stereocenters. The summed E-state index contributed by atoms with van der Waals surface area (Å²) in [6.07, 6.45) is 2.99. The van der Waals surface area contributed by atoms with E-state index in [-0.39, 0.29) is 11.3 Å². The molecule has 30 heavy (non-hydrogen) atoms. The largest absolute Gasteiger partial charge is 0.334 e.